The normalized spacial score (nSPS) is 14.3. The SMILES string of the molecule is Cc1nc2ccccc2c(=O)n1-[n+]1cc2c(s1)CCCC2. The summed E-state index contributed by atoms with van der Waals surface area (Å²) in [6.45, 7) is 1.89. The molecule has 3 aromatic rings. The lowest BCUT2D eigenvalue weighted by Crippen LogP contribution is -2.47. The summed E-state index contributed by atoms with van der Waals surface area (Å²) in [6.07, 6.45) is 6.84. The monoisotopic (exact) mass is 298 g/mol. The first kappa shape index (κ1) is 12.7. The Morgan fingerprint density at radius 1 is 1.24 bits per heavy atom. The zero-order chi connectivity index (χ0) is 14.4. The fourth-order valence-corrected chi connectivity index (χ4v) is 4.17. The third-order valence-electron chi connectivity index (χ3n) is 4.04. The molecule has 1 aliphatic carbocycles. The summed E-state index contributed by atoms with van der Waals surface area (Å²) in [7, 11) is 0. The molecule has 0 aliphatic heterocycles. The van der Waals surface area contributed by atoms with Gasteiger partial charge in [-0.25, -0.2) is 4.98 Å². The number of rotatable bonds is 1. The maximum absolute atomic E-state index is 12.8. The summed E-state index contributed by atoms with van der Waals surface area (Å²) in [5.74, 6) is 0.724. The highest BCUT2D eigenvalue weighted by atomic mass is 32.1. The van der Waals surface area contributed by atoms with Crippen molar-refractivity contribution in [2.75, 3.05) is 0 Å². The molecule has 106 valence electrons. The highest BCUT2D eigenvalue weighted by Crippen LogP contribution is 2.22. The zero-order valence-electron chi connectivity index (χ0n) is 11.9. The molecule has 0 atom stereocenters. The quantitative estimate of drug-likeness (QED) is 0.646. The second-order valence-corrected chi connectivity index (χ2v) is 6.52. The van der Waals surface area contributed by atoms with Crippen molar-refractivity contribution in [3.8, 4) is 0 Å². The Bertz CT molecular complexity index is 871. The number of benzene rings is 1. The minimum absolute atomic E-state index is 0.00157. The van der Waals surface area contributed by atoms with E-state index in [-0.39, 0.29) is 5.56 Å². The van der Waals surface area contributed by atoms with E-state index >= 15 is 0 Å². The molecule has 4 nitrogen and oxygen atoms in total. The number of hydrogen-bond donors (Lipinski definition) is 0. The van der Waals surface area contributed by atoms with Crippen molar-refractivity contribution in [3.05, 3.63) is 57.1 Å². The highest BCUT2D eigenvalue weighted by Gasteiger charge is 2.23. The molecule has 1 aliphatic rings. The molecule has 21 heavy (non-hydrogen) atoms. The van der Waals surface area contributed by atoms with Crippen LogP contribution >= 0.6 is 11.5 Å². The molecule has 5 heteroatoms. The predicted octanol–water partition coefficient (Wildman–Crippen LogP) is 2.24. The molecular weight excluding hydrogens is 282 g/mol. The number of aryl methyl sites for hydroxylation is 3. The largest absolute Gasteiger partial charge is 0.319 e. The van der Waals surface area contributed by atoms with Gasteiger partial charge in [-0.15, -0.1) is 0 Å². The lowest BCUT2D eigenvalue weighted by atomic mass is 10.0. The summed E-state index contributed by atoms with van der Waals surface area (Å²) in [4.78, 5) is 18.7. The lowest BCUT2D eigenvalue weighted by molar-refractivity contribution is -0.666. The minimum atomic E-state index is 0.00157. The number of fused-ring (bicyclic) bond motifs is 2. The standard InChI is InChI=1S/C16H16N3OS/c1-11-17-14-8-4-3-7-13(14)16(20)19(11)18-10-12-6-2-5-9-15(12)21-18/h3-4,7-8,10H,2,5-6,9H2,1H3/q+1. The van der Waals surface area contributed by atoms with Crippen LogP contribution in [0, 0.1) is 6.92 Å². The first-order chi connectivity index (χ1) is 10.2. The first-order valence-corrected chi connectivity index (χ1v) is 8.04. The smallest absolute Gasteiger partial charge is 0.262 e. The van der Waals surface area contributed by atoms with E-state index < -0.39 is 0 Å². The third-order valence-corrected chi connectivity index (χ3v) is 5.18. The Morgan fingerprint density at radius 2 is 2.05 bits per heavy atom. The number of para-hydroxylation sites is 1. The average molecular weight is 298 g/mol. The van der Waals surface area contributed by atoms with Gasteiger partial charge in [-0.3, -0.25) is 4.79 Å². The molecule has 2 aromatic heterocycles. The summed E-state index contributed by atoms with van der Waals surface area (Å²) in [5, 5.41) is 0.668. The predicted molar refractivity (Wildman–Crippen MR) is 82.7 cm³/mol. The van der Waals surface area contributed by atoms with Crippen LogP contribution in [0.15, 0.2) is 35.3 Å². The van der Waals surface area contributed by atoms with Gasteiger partial charge >= 0.3 is 5.56 Å². The summed E-state index contributed by atoms with van der Waals surface area (Å²) in [6, 6.07) is 7.53. The molecule has 0 unspecified atom stereocenters. The van der Waals surface area contributed by atoms with Crippen molar-refractivity contribution in [3.63, 3.8) is 0 Å². The van der Waals surface area contributed by atoms with Crippen LogP contribution in [-0.2, 0) is 12.8 Å². The molecule has 1 aromatic carbocycles. The van der Waals surface area contributed by atoms with Gasteiger partial charge in [0, 0.05) is 12.5 Å². The van der Waals surface area contributed by atoms with E-state index in [1.165, 1.54) is 23.3 Å². The van der Waals surface area contributed by atoms with Crippen LogP contribution < -0.4 is 9.62 Å². The van der Waals surface area contributed by atoms with Crippen LogP contribution in [0.2, 0.25) is 0 Å². The Morgan fingerprint density at radius 3 is 2.90 bits per heavy atom. The van der Waals surface area contributed by atoms with Gasteiger partial charge in [-0.05, 0) is 46.6 Å². The molecular formula is C16H16N3OS+. The van der Waals surface area contributed by atoms with Crippen LogP contribution in [0.1, 0.15) is 29.1 Å². The van der Waals surface area contributed by atoms with Crippen LogP contribution in [0.4, 0.5) is 0 Å². The van der Waals surface area contributed by atoms with Crippen LogP contribution in [0.25, 0.3) is 10.9 Å². The van der Waals surface area contributed by atoms with Crippen LogP contribution in [0.3, 0.4) is 0 Å². The van der Waals surface area contributed by atoms with Gasteiger partial charge < -0.3 is 0 Å². The number of hydrogen-bond acceptors (Lipinski definition) is 3. The van der Waals surface area contributed by atoms with Crippen LogP contribution in [-0.4, -0.2) is 9.66 Å². The Hall–Kier alpha value is -2.01. The fraction of sp³-hybridized carbons (Fsp3) is 0.312. The molecule has 0 radical (unpaired) electrons. The van der Waals surface area contributed by atoms with Gasteiger partial charge in [0.15, 0.2) is 17.4 Å². The van der Waals surface area contributed by atoms with E-state index in [9.17, 15) is 4.79 Å². The van der Waals surface area contributed by atoms with Crippen LogP contribution in [0.5, 0.6) is 0 Å². The summed E-state index contributed by atoms with van der Waals surface area (Å²) in [5.41, 5.74) is 2.14. The average Bonchev–Trinajstić information content (AvgIpc) is 2.90. The fourth-order valence-electron chi connectivity index (χ4n) is 2.98. The van der Waals surface area contributed by atoms with E-state index in [4.69, 9.17) is 0 Å². The molecule has 0 amide bonds. The lowest BCUT2D eigenvalue weighted by Gasteiger charge is -2.04. The second-order valence-electron chi connectivity index (χ2n) is 5.47. The molecule has 4 rings (SSSR count). The Labute approximate surface area is 126 Å². The highest BCUT2D eigenvalue weighted by molar-refractivity contribution is 7.01. The molecule has 0 saturated carbocycles. The van der Waals surface area contributed by atoms with Crippen molar-refractivity contribution in [1.29, 1.82) is 0 Å². The maximum atomic E-state index is 12.8. The summed E-state index contributed by atoms with van der Waals surface area (Å²) < 4.78 is 3.64. The van der Waals surface area contributed by atoms with Gasteiger partial charge in [-0.2, -0.15) is 0 Å². The van der Waals surface area contributed by atoms with E-state index in [0.29, 0.717) is 5.39 Å². The third kappa shape index (κ3) is 2.00. The molecule has 0 N–H and O–H groups in total. The van der Waals surface area contributed by atoms with Gasteiger partial charge in [0.25, 0.3) is 0 Å². The Kier molecular flexibility index (Phi) is 2.89. The summed E-state index contributed by atoms with van der Waals surface area (Å²) >= 11 is 1.66. The maximum Gasteiger partial charge on any atom is 0.319 e. The van der Waals surface area contributed by atoms with Gasteiger partial charge in [-0.1, -0.05) is 12.1 Å². The molecule has 0 fully saturated rings. The van der Waals surface area contributed by atoms with E-state index in [0.717, 1.165) is 24.2 Å². The zero-order valence-corrected chi connectivity index (χ0v) is 12.7. The Balaban J connectivity index is 1.98. The van der Waals surface area contributed by atoms with Crippen molar-refractivity contribution in [2.45, 2.75) is 32.6 Å². The molecule has 0 spiro atoms. The number of nitrogens with zero attached hydrogens (tertiary/aromatic N) is 3. The first-order valence-electron chi connectivity index (χ1n) is 7.27. The van der Waals surface area contributed by atoms with Crippen molar-refractivity contribution < 1.29 is 4.07 Å². The van der Waals surface area contributed by atoms with Gasteiger partial charge in [0.1, 0.15) is 0 Å². The number of aromatic nitrogens is 3. The van der Waals surface area contributed by atoms with Crippen molar-refractivity contribution >= 4 is 22.4 Å². The van der Waals surface area contributed by atoms with E-state index in [2.05, 4.69) is 11.2 Å². The second kappa shape index (κ2) is 4.77. The molecule has 2 heterocycles. The topological polar surface area (TPSA) is 38.8 Å². The van der Waals surface area contributed by atoms with Gasteiger partial charge in [0.2, 0.25) is 6.20 Å². The van der Waals surface area contributed by atoms with Gasteiger partial charge in [0.05, 0.1) is 15.8 Å². The minimum Gasteiger partial charge on any atom is -0.262 e. The van der Waals surface area contributed by atoms with Crippen molar-refractivity contribution in [1.82, 2.24) is 9.66 Å². The van der Waals surface area contributed by atoms with E-state index in [1.807, 2.05) is 35.3 Å². The molecule has 0 bridgehead atoms. The van der Waals surface area contributed by atoms with Crippen molar-refractivity contribution in [2.24, 2.45) is 0 Å². The van der Waals surface area contributed by atoms with E-state index in [1.54, 1.807) is 16.2 Å². The molecule has 0 saturated heterocycles.